The lowest BCUT2D eigenvalue weighted by Gasteiger charge is -2.30. The lowest BCUT2D eigenvalue weighted by Crippen LogP contribution is -2.37. The van der Waals surface area contributed by atoms with Crippen LogP contribution in [0.2, 0.25) is 0 Å². The molecular weight excluding hydrogens is 170 g/mol. The molecule has 12 heavy (non-hydrogen) atoms. The number of hydrogen-bond acceptors (Lipinski definition) is 3. The summed E-state index contributed by atoms with van der Waals surface area (Å²) in [6.45, 7) is 3.61. The van der Waals surface area contributed by atoms with Gasteiger partial charge in [-0.05, 0) is 31.6 Å². The summed E-state index contributed by atoms with van der Waals surface area (Å²) >= 11 is 4.20. The van der Waals surface area contributed by atoms with Crippen LogP contribution in [0.5, 0.6) is 0 Å². The summed E-state index contributed by atoms with van der Waals surface area (Å²) in [6, 6.07) is 0. The van der Waals surface area contributed by atoms with Gasteiger partial charge in [0.25, 0.3) is 0 Å². The van der Waals surface area contributed by atoms with Crippen molar-refractivity contribution in [3.8, 4) is 0 Å². The SMILES string of the molecule is COC1CCN(CCCS)CC1. The molecule has 0 aromatic rings. The second-order valence-corrected chi connectivity index (χ2v) is 3.80. The first-order valence-electron chi connectivity index (χ1n) is 4.73. The normalized spacial score (nSPS) is 21.5. The van der Waals surface area contributed by atoms with Crippen molar-refractivity contribution in [2.45, 2.75) is 25.4 Å². The summed E-state index contributed by atoms with van der Waals surface area (Å²) in [4.78, 5) is 2.51. The molecule has 72 valence electrons. The molecule has 1 saturated heterocycles. The minimum atomic E-state index is 0.511. The van der Waals surface area contributed by atoms with Crippen LogP contribution in [-0.4, -0.2) is 43.5 Å². The maximum absolute atomic E-state index is 5.30. The Morgan fingerprint density at radius 3 is 2.58 bits per heavy atom. The average Bonchev–Trinajstić information content (AvgIpc) is 2.15. The quantitative estimate of drug-likeness (QED) is 0.671. The van der Waals surface area contributed by atoms with Crippen LogP contribution in [0.15, 0.2) is 0 Å². The fraction of sp³-hybridized carbons (Fsp3) is 1.00. The number of piperidine rings is 1. The Bertz CT molecular complexity index is 113. The van der Waals surface area contributed by atoms with Crippen molar-refractivity contribution in [2.24, 2.45) is 0 Å². The van der Waals surface area contributed by atoms with Crippen LogP contribution in [-0.2, 0) is 4.74 Å². The maximum atomic E-state index is 5.30. The summed E-state index contributed by atoms with van der Waals surface area (Å²) in [5.41, 5.74) is 0. The van der Waals surface area contributed by atoms with E-state index in [2.05, 4.69) is 17.5 Å². The van der Waals surface area contributed by atoms with Crippen molar-refractivity contribution in [1.82, 2.24) is 4.90 Å². The van der Waals surface area contributed by atoms with E-state index >= 15 is 0 Å². The van der Waals surface area contributed by atoms with Crippen LogP contribution in [0.3, 0.4) is 0 Å². The molecule has 1 fully saturated rings. The zero-order valence-corrected chi connectivity index (χ0v) is 8.72. The van der Waals surface area contributed by atoms with E-state index in [9.17, 15) is 0 Å². The van der Waals surface area contributed by atoms with Gasteiger partial charge in [0.05, 0.1) is 6.10 Å². The van der Waals surface area contributed by atoms with Gasteiger partial charge in [-0.2, -0.15) is 12.6 Å². The van der Waals surface area contributed by atoms with Crippen LogP contribution >= 0.6 is 12.6 Å². The molecule has 1 rings (SSSR count). The molecule has 1 heterocycles. The highest BCUT2D eigenvalue weighted by Crippen LogP contribution is 2.12. The molecule has 3 heteroatoms. The highest BCUT2D eigenvalue weighted by Gasteiger charge is 2.17. The zero-order chi connectivity index (χ0) is 8.81. The van der Waals surface area contributed by atoms with E-state index < -0.39 is 0 Å². The van der Waals surface area contributed by atoms with Crippen molar-refractivity contribution in [1.29, 1.82) is 0 Å². The van der Waals surface area contributed by atoms with Gasteiger partial charge in [0.1, 0.15) is 0 Å². The van der Waals surface area contributed by atoms with Crippen molar-refractivity contribution in [3.05, 3.63) is 0 Å². The summed E-state index contributed by atoms with van der Waals surface area (Å²) in [7, 11) is 1.81. The van der Waals surface area contributed by atoms with Gasteiger partial charge in [-0.3, -0.25) is 0 Å². The molecule has 2 nitrogen and oxygen atoms in total. The molecule has 0 N–H and O–H groups in total. The van der Waals surface area contributed by atoms with E-state index in [1.807, 2.05) is 7.11 Å². The van der Waals surface area contributed by atoms with Gasteiger partial charge in [0.15, 0.2) is 0 Å². The Labute approximate surface area is 80.7 Å². The molecule has 0 spiro atoms. The number of hydrogen-bond donors (Lipinski definition) is 1. The van der Waals surface area contributed by atoms with Crippen molar-refractivity contribution in [2.75, 3.05) is 32.5 Å². The van der Waals surface area contributed by atoms with Gasteiger partial charge in [0, 0.05) is 20.2 Å². The smallest absolute Gasteiger partial charge is 0.0595 e. The first-order chi connectivity index (χ1) is 5.86. The minimum Gasteiger partial charge on any atom is -0.381 e. The maximum Gasteiger partial charge on any atom is 0.0595 e. The highest BCUT2D eigenvalue weighted by atomic mass is 32.1. The lowest BCUT2D eigenvalue weighted by molar-refractivity contribution is 0.0413. The van der Waals surface area contributed by atoms with E-state index in [1.54, 1.807) is 0 Å². The van der Waals surface area contributed by atoms with Gasteiger partial charge in [-0.1, -0.05) is 0 Å². The second kappa shape index (κ2) is 5.84. The molecule has 0 aromatic heterocycles. The third kappa shape index (κ3) is 3.33. The van der Waals surface area contributed by atoms with Crippen molar-refractivity contribution in [3.63, 3.8) is 0 Å². The van der Waals surface area contributed by atoms with Gasteiger partial charge in [-0.15, -0.1) is 0 Å². The third-order valence-electron chi connectivity index (χ3n) is 2.50. The summed E-state index contributed by atoms with van der Waals surface area (Å²) in [5.74, 6) is 1.00. The minimum absolute atomic E-state index is 0.511. The zero-order valence-electron chi connectivity index (χ0n) is 7.83. The van der Waals surface area contributed by atoms with E-state index in [0.29, 0.717) is 6.10 Å². The van der Waals surface area contributed by atoms with Gasteiger partial charge >= 0.3 is 0 Å². The number of ether oxygens (including phenoxy) is 1. The molecule has 0 amide bonds. The standard InChI is InChI=1S/C9H19NOS/c1-11-9-3-6-10(7-4-9)5-2-8-12/h9,12H,2-8H2,1H3. The van der Waals surface area contributed by atoms with E-state index in [1.165, 1.54) is 38.9 Å². The van der Waals surface area contributed by atoms with E-state index in [0.717, 1.165) is 5.75 Å². The molecule has 0 aliphatic carbocycles. The molecule has 1 aliphatic rings. The van der Waals surface area contributed by atoms with Gasteiger partial charge in [-0.25, -0.2) is 0 Å². The number of nitrogens with zero attached hydrogens (tertiary/aromatic N) is 1. The Kier molecular flexibility index (Phi) is 5.04. The Hall–Kier alpha value is 0.270. The van der Waals surface area contributed by atoms with Crippen LogP contribution in [0.1, 0.15) is 19.3 Å². The van der Waals surface area contributed by atoms with Crippen LogP contribution in [0.25, 0.3) is 0 Å². The molecule has 0 radical (unpaired) electrons. The Morgan fingerprint density at radius 2 is 2.08 bits per heavy atom. The molecule has 0 bridgehead atoms. The van der Waals surface area contributed by atoms with Crippen LogP contribution in [0.4, 0.5) is 0 Å². The topological polar surface area (TPSA) is 12.5 Å². The second-order valence-electron chi connectivity index (χ2n) is 3.35. The number of likely N-dealkylation sites (tertiary alicyclic amines) is 1. The van der Waals surface area contributed by atoms with E-state index in [4.69, 9.17) is 4.74 Å². The summed E-state index contributed by atoms with van der Waals surface area (Å²) in [6.07, 6.45) is 4.12. The van der Waals surface area contributed by atoms with Gasteiger partial charge < -0.3 is 9.64 Å². The molecular formula is C9H19NOS. The monoisotopic (exact) mass is 189 g/mol. The van der Waals surface area contributed by atoms with Gasteiger partial charge in [0.2, 0.25) is 0 Å². The lowest BCUT2D eigenvalue weighted by atomic mass is 10.1. The first-order valence-corrected chi connectivity index (χ1v) is 5.36. The predicted molar refractivity (Wildman–Crippen MR) is 54.9 cm³/mol. The Balaban J connectivity index is 2.09. The van der Waals surface area contributed by atoms with Crippen LogP contribution in [0, 0.1) is 0 Å². The number of thiol groups is 1. The highest BCUT2D eigenvalue weighted by molar-refractivity contribution is 7.80. The molecule has 1 aliphatic heterocycles. The Morgan fingerprint density at radius 1 is 1.42 bits per heavy atom. The molecule has 0 saturated carbocycles. The molecule has 0 unspecified atom stereocenters. The fourth-order valence-electron chi connectivity index (χ4n) is 1.66. The number of methoxy groups -OCH3 is 1. The molecule has 0 aromatic carbocycles. The molecule has 0 atom stereocenters. The fourth-order valence-corrected chi connectivity index (χ4v) is 1.80. The first kappa shape index (κ1) is 10.4. The largest absolute Gasteiger partial charge is 0.381 e. The third-order valence-corrected chi connectivity index (χ3v) is 2.82. The van der Waals surface area contributed by atoms with Crippen molar-refractivity contribution < 1.29 is 4.74 Å². The van der Waals surface area contributed by atoms with Crippen molar-refractivity contribution >= 4 is 12.6 Å². The van der Waals surface area contributed by atoms with Crippen LogP contribution < -0.4 is 0 Å². The summed E-state index contributed by atoms with van der Waals surface area (Å²) < 4.78 is 5.30. The average molecular weight is 189 g/mol. The summed E-state index contributed by atoms with van der Waals surface area (Å²) in [5, 5.41) is 0. The number of rotatable bonds is 4. The predicted octanol–water partition coefficient (Wildman–Crippen LogP) is 1.42. The van der Waals surface area contributed by atoms with E-state index in [-0.39, 0.29) is 0 Å².